The number of carbonyl (C=O) groups excluding carboxylic acids is 1. The fourth-order valence-electron chi connectivity index (χ4n) is 1.52. The number of benzene rings is 2. The average molecular weight is 263 g/mol. The first-order chi connectivity index (χ1) is 8.20. The van der Waals surface area contributed by atoms with Crippen molar-refractivity contribution in [3.63, 3.8) is 0 Å². The number of rotatable bonds is 2. The molecule has 0 saturated carbocycles. The minimum absolute atomic E-state index is 0.498. The Bertz CT molecular complexity index is 517. The van der Waals surface area contributed by atoms with Crippen LogP contribution in [-0.4, -0.2) is 5.94 Å². The third kappa shape index (κ3) is 2.78. The summed E-state index contributed by atoms with van der Waals surface area (Å²) < 4.78 is 0. The van der Waals surface area contributed by atoms with E-state index in [2.05, 4.69) is 0 Å². The van der Waals surface area contributed by atoms with Crippen LogP contribution in [0.15, 0.2) is 48.5 Å². The largest absolute Gasteiger partial charge is 0.233 e. The molecule has 0 N–H and O–H groups in total. The van der Waals surface area contributed by atoms with E-state index in [0.717, 1.165) is 11.1 Å². The lowest BCUT2D eigenvalue weighted by Gasteiger charge is -2.04. The van der Waals surface area contributed by atoms with Gasteiger partial charge in [0.05, 0.1) is 5.57 Å². The van der Waals surface area contributed by atoms with Crippen LogP contribution in [0.2, 0.25) is 10.0 Å². The Morgan fingerprint density at radius 2 is 1.12 bits per heavy atom. The van der Waals surface area contributed by atoms with E-state index in [1.165, 1.54) is 0 Å². The standard InChI is InChI=1S/C14H8Cl2O/c15-12-5-1-10(2-6-12)14(9-17)11-3-7-13(16)8-4-11/h1-8H. The van der Waals surface area contributed by atoms with Gasteiger partial charge < -0.3 is 0 Å². The molecule has 2 aromatic rings. The zero-order valence-electron chi connectivity index (χ0n) is 8.78. The highest BCUT2D eigenvalue weighted by atomic mass is 35.5. The summed E-state index contributed by atoms with van der Waals surface area (Å²) in [5.74, 6) is 1.95. The van der Waals surface area contributed by atoms with Crippen LogP contribution >= 0.6 is 23.2 Å². The fraction of sp³-hybridized carbons (Fsp3) is 0. The summed E-state index contributed by atoms with van der Waals surface area (Å²) in [7, 11) is 0. The molecule has 0 atom stereocenters. The second-order valence-electron chi connectivity index (χ2n) is 3.49. The Hall–Kier alpha value is -1.53. The lowest BCUT2D eigenvalue weighted by Crippen LogP contribution is -1.88. The topological polar surface area (TPSA) is 17.1 Å². The first-order valence-electron chi connectivity index (χ1n) is 4.97. The van der Waals surface area contributed by atoms with Gasteiger partial charge in [0, 0.05) is 10.0 Å². The molecule has 0 aliphatic carbocycles. The molecule has 0 fully saturated rings. The lowest BCUT2D eigenvalue weighted by molar-refractivity contribution is 0.569. The summed E-state index contributed by atoms with van der Waals surface area (Å²) in [5.41, 5.74) is 2.07. The first-order valence-corrected chi connectivity index (χ1v) is 5.73. The van der Waals surface area contributed by atoms with Crippen molar-refractivity contribution in [3.8, 4) is 0 Å². The molecule has 0 unspecified atom stereocenters. The van der Waals surface area contributed by atoms with E-state index in [-0.39, 0.29) is 0 Å². The van der Waals surface area contributed by atoms with Gasteiger partial charge in [0.25, 0.3) is 0 Å². The van der Waals surface area contributed by atoms with E-state index in [1.54, 1.807) is 48.5 Å². The van der Waals surface area contributed by atoms with Gasteiger partial charge in [-0.15, -0.1) is 0 Å². The molecule has 0 bridgehead atoms. The summed E-state index contributed by atoms with van der Waals surface area (Å²) >= 11 is 11.6. The molecular weight excluding hydrogens is 255 g/mol. The van der Waals surface area contributed by atoms with E-state index in [0.29, 0.717) is 15.6 Å². The van der Waals surface area contributed by atoms with Crippen LogP contribution in [0.5, 0.6) is 0 Å². The lowest BCUT2D eigenvalue weighted by atomic mass is 10.00. The van der Waals surface area contributed by atoms with Crippen LogP contribution in [0.1, 0.15) is 11.1 Å². The molecule has 0 spiro atoms. The predicted octanol–water partition coefficient (Wildman–Crippen LogP) is 4.26. The zero-order chi connectivity index (χ0) is 12.3. The molecule has 0 amide bonds. The third-order valence-corrected chi connectivity index (χ3v) is 2.87. The summed E-state index contributed by atoms with van der Waals surface area (Å²) in [6, 6.07) is 14.1. The SMILES string of the molecule is O=C=C(c1ccc(Cl)cc1)c1ccc(Cl)cc1. The Balaban J connectivity index is 2.44. The van der Waals surface area contributed by atoms with E-state index >= 15 is 0 Å². The van der Waals surface area contributed by atoms with Gasteiger partial charge in [-0.2, -0.15) is 0 Å². The van der Waals surface area contributed by atoms with Gasteiger partial charge in [0.2, 0.25) is 0 Å². The molecule has 1 nitrogen and oxygen atoms in total. The Morgan fingerprint density at radius 3 is 1.41 bits per heavy atom. The summed E-state index contributed by atoms with van der Waals surface area (Å²) in [5, 5.41) is 1.27. The maximum atomic E-state index is 11.0. The molecule has 84 valence electrons. The second kappa shape index (κ2) is 5.20. The Kier molecular flexibility index (Phi) is 3.65. The molecule has 0 aliphatic rings. The van der Waals surface area contributed by atoms with E-state index in [1.807, 2.05) is 5.94 Å². The quantitative estimate of drug-likeness (QED) is 0.740. The normalized spacial score (nSPS) is 9.76. The zero-order valence-corrected chi connectivity index (χ0v) is 10.3. The van der Waals surface area contributed by atoms with Gasteiger partial charge in [-0.25, -0.2) is 4.79 Å². The number of hydrogen-bond donors (Lipinski definition) is 0. The molecule has 3 heteroatoms. The highest BCUT2D eigenvalue weighted by molar-refractivity contribution is 6.31. The van der Waals surface area contributed by atoms with Gasteiger partial charge in [0.1, 0.15) is 5.94 Å². The van der Waals surface area contributed by atoms with E-state index in [4.69, 9.17) is 23.2 Å². The van der Waals surface area contributed by atoms with Crippen LogP contribution < -0.4 is 0 Å². The first kappa shape index (κ1) is 11.9. The summed E-state index contributed by atoms with van der Waals surface area (Å²) in [4.78, 5) is 11.0. The van der Waals surface area contributed by atoms with Crippen molar-refractivity contribution < 1.29 is 4.79 Å². The van der Waals surface area contributed by atoms with Gasteiger partial charge in [0.15, 0.2) is 0 Å². The van der Waals surface area contributed by atoms with Crippen LogP contribution in [0.3, 0.4) is 0 Å². The van der Waals surface area contributed by atoms with Crippen LogP contribution in [-0.2, 0) is 4.79 Å². The molecule has 0 radical (unpaired) electrons. The molecule has 0 aromatic heterocycles. The summed E-state index contributed by atoms with van der Waals surface area (Å²) in [6.07, 6.45) is 0. The number of halogens is 2. The monoisotopic (exact) mass is 262 g/mol. The van der Waals surface area contributed by atoms with Crippen LogP contribution in [0.4, 0.5) is 0 Å². The predicted molar refractivity (Wildman–Crippen MR) is 71.1 cm³/mol. The molecule has 0 heterocycles. The Morgan fingerprint density at radius 1 is 0.765 bits per heavy atom. The van der Waals surface area contributed by atoms with Crippen molar-refractivity contribution in [2.45, 2.75) is 0 Å². The van der Waals surface area contributed by atoms with Crippen molar-refractivity contribution in [3.05, 3.63) is 69.7 Å². The van der Waals surface area contributed by atoms with Crippen molar-refractivity contribution in [2.24, 2.45) is 0 Å². The van der Waals surface area contributed by atoms with Crippen molar-refractivity contribution >= 4 is 34.7 Å². The minimum atomic E-state index is 0.498. The fourth-order valence-corrected chi connectivity index (χ4v) is 1.77. The molecule has 2 rings (SSSR count). The van der Waals surface area contributed by atoms with Gasteiger partial charge in [-0.05, 0) is 35.4 Å². The van der Waals surface area contributed by atoms with Crippen molar-refractivity contribution in [1.29, 1.82) is 0 Å². The average Bonchev–Trinajstić information content (AvgIpc) is 2.35. The van der Waals surface area contributed by atoms with Crippen LogP contribution in [0.25, 0.3) is 5.57 Å². The molecule has 17 heavy (non-hydrogen) atoms. The van der Waals surface area contributed by atoms with E-state index < -0.39 is 0 Å². The second-order valence-corrected chi connectivity index (χ2v) is 4.36. The van der Waals surface area contributed by atoms with Crippen molar-refractivity contribution in [2.75, 3.05) is 0 Å². The maximum absolute atomic E-state index is 11.0. The van der Waals surface area contributed by atoms with Crippen LogP contribution in [0, 0.1) is 0 Å². The van der Waals surface area contributed by atoms with Gasteiger partial charge in [-0.3, -0.25) is 0 Å². The molecule has 0 saturated heterocycles. The summed E-state index contributed by atoms with van der Waals surface area (Å²) in [6.45, 7) is 0. The van der Waals surface area contributed by atoms with Gasteiger partial charge in [-0.1, -0.05) is 47.5 Å². The number of hydrogen-bond acceptors (Lipinski definition) is 1. The van der Waals surface area contributed by atoms with Gasteiger partial charge >= 0.3 is 0 Å². The molecular formula is C14H8Cl2O. The van der Waals surface area contributed by atoms with E-state index in [9.17, 15) is 4.79 Å². The third-order valence-electron chi connectivity index (χ3n) is 2.37. The smallest absolute Gasteiger partial charge is 0.133 e. The molecule has 0 aliphatic heterocycles. The highest BCUT2D eigenvalue weighted by Crippen LogP contribution is 2.23. The maximum Gasteiger partial charge on any atom is 0.133 e. The highest BCUT2D eigenvalue weighted by Gasteiger charge is 2.05. The Labute approximate surface area is 109 Å². The minimum Gasteiger partial charge on any atom is -0.233 e. The van der Waals surface area contributed by atoms with Crippen molar-refractivity contribution in [1.82, 2.24) is 0 Å². The molecule has 2 aromatic carbocycles.